The van der Waals surface area contributed by atoms with Crippen molar-refractivity contribution in [3.05, 3.63) is 42.2 Å². The van der Waals surface area contributed by atoms with Gasteiger partial charge in [0.05, 0.1) is 30.0 Å². The van der Waals surface area contributed by atoms with Gasteiger partial charge in [-0.25, -0.2) is 14.5 Å². The number of carbonyl (C=O) groups excluding carboxylic acids is 1. The Morgan fingerprint density at radius 3 is 2.52 bits per heavy atom. The van der Waals surface area contributed by atoms with E-state index in [0.29, 0.717) is 48.7 Å². The lowest BCUT2D eigenvalue weighted by molar-refractivity contribution is -0.274. The number of alkyl halides is 3. The number of aromatic nitrogens is 3. The predicted molar refractivity (Wildman–Crippen MR) is 103 cm³/mol. The first-order valence-corrected chi connectivity index (χ1v) is 9.29. The van der Waals surface area contributed by atoms with Gasteiger partial charge in [-0.2, -0.15) is 5.10 Å². The first-order chi connectivity index (χ1) is 14.8. The Labute approximate surface area is 174 Å². The van der Waals surface area contributed by atoms with Crippen LogP contribution >= 0.6 is 0 Å². The average molecular weight is 437 g/mol. The van der Waals surface area contributed by atoms with Crippen molar-refractivity contribution in [2.75, 3.05) is 31.2 Å². The highest BCUT2D eigenvalue weighted by Crippen LogP contribution is 2.32. The van der Waals surface area contributed by atoms with Gasteiger partial charge in [0.15, 0.2) is 5.65 Å². The molecule has 31 heavy (non-hydrogen) atoms. The largest absolute Gasteiger partial charge is 0.573 e. The Morgan fingerprint density at radius 1 is 1.16 bits per heavy atom. The number of nitrogens with two attached hydrogens (primary N) is 1. The molecule has 3 aromatic rings. The maximum Gasteiger partial charge on any atom is 0.573 e. The van der Waals surface area contributed by atoms with E-state index in [1.807, 2.05) is 6.07 Å². The second-order valence-electron chi connectivity index (χ2n) is 6.64. The molecule has 1 saturated heterocycles. The van der Waals surface area contributed by atoms with Crippen LogP contribution in [0, 0.1) is 0 Å². The lowest BCUT2D eigenvalue weighted by Crippen LogP contribution is -2.36. The quantitative estimate of drug-likeness (QED) is 0.654. The zero-order valence-corrected chi connectivity index (χ0v) is 16.1. The maximum atomic E-state index is 12.4. The van der Waals surface area contributed by atoms with Crippen molar-refractivity contribution in [2.24, 2.45) is 5.73 Å². The van der Waals surface area contributed by atoms with Gasteiger partial charge in [-0.15, -0.1) is 13.2 Å². The van der Waals surface area contributed by atoms with Crippen LogP contribution in [0.15, 0.2) is 36.5 Å². The van der Waals surface area contributed by atoms with E-state index in [4.69, 9.17) is 15.2 Å². The first-order valence-electron chi connectivity index (χ1n) is 9.29. The summed E-state index contributed by atoms with van der Waals surface area (Å²) in [7, 11) is 0. The fourth-order valence-electron chi connectivity index (χ4n) is 3.37. The third kappa shape index (κ3) is 4.63. The lowest BCUT2D eigenvalue weighted by Gasteiger charge is -2.29. The van der Waals surface area contributed by atoms with Crippen LogP contribution in [-0.2, 0) is 16.1 Å². The van der Waals surface area contributed by atoms with E-state index in [0.717, 1.165) is 5.69 Å². The smallest absolute Gasteiger partial charge is 0.443 e. The molecule has 0 bridgehead atoms. The first kappa shape index (κ1) is 20.7. The Morgan fingerprint density at radius 2 is 1.87 bits per heavy atom. The number of carbonyl (C=O) groups is 1. The number of rotatable bonds is 5. The Bertz CT molecular complexity index is 1080. The topological polar surface area (TPSA) is 105 Å². The number of morpholine rings is 1. The minimum absolute atomic E-state index is 0.183. The van der Waals surface area contributed by atoms with Crippen LogP contribution in [0.25, 0.3) is 16.7 Å². The number of amides is 1. The molecule has 12 heteroatoms. The maximum absolute atomic E-state index is 12.4. The summed E-state index contributed by atoms with van der Waals surface area (Å²) in [6.45, 7) is 2.25. The van der Waals surface area contributed by atoms with E-state index < -0.39 is 12.5 Å². The molecule has 9 nitrogen and oxygen atoms in total. The molecule has 2 N–H and O–H groups in total. The highest BCUT2D eigenvalue weighted by molar-refractivity contribution is 5.93. The molecule has 0 unspecified atom stereocenters. The second kappa shape index (κ2) is 8.30. The van der Waals surface area contributed by atoms with Crippen LogP contribution in [0.2, 0.25) is 0 Å². The number of benzene rings is 1. The minimum atomic E-state index is -4.78. The van der Waals surface area contributed by atoms with Gasteiger partial charge in [-0.05, 0) is 30.3 Å². The van der Waals surface area contributed by atoms with Gasteiger partial charge in [-0.1, -0.05) is 0 Å². The molecular formula is C19H18F3N5O4. The molecule has 3 heterocycles. The Hall–Kier alpha value is -3.54. The number of fused-ring (bicyclic) bond motifs is 1. The molecule has 164 valence electrons. The SMILES string of the molecule is NC(=O)OCc1nn(-c2ccc(OC(F)(F)F)cc2)c2nccc(N3CCOCC3)c12. The summed E-state index contributed by atoms with van der Waals surface area (Å²) in [6, 6.07) is 7.04. The van der Waals surface area contributed by atoms with Crippen molar-refractivity contribution in [1.82, 2.24) is 14.8 Å². The number of ether oxygens (including phenoxy) is 3. The highest BCUT2D eigenvalue weighted by Gasteiger charge is 2.31. The summed E-state index contributed by atoms with van der Waals surface area (Å²) in [5, 5.41) is 5.15. The van der Waals surface area contributed by atoms with E-state index in [1.54, 1.807) is 6.20 Å². The van der Waals surface area contributed by atoms with Gasteiger partial charge in [0.1, 0.15) is 18.1 Å². The van der Waals surface area contributed by atoms with Crippen LogP contribution in [0.5, 0.6) is 5.75 Å². The third-order valence-corrected chi connectivity index (χ3v) is 4.64. The second-order valence-corrected chi connectivity index (χ2v) is 6.64. The molecule has 1 amide bonds. The van der Waals surface area contributed by atoms with Crippen molar-refractivity contribution in [3.63, 3.8) is 0 Å². The molecule has 0 aliphatic carbocycles. The third-order valence-electron chi connectivity index (χ3n) is 4.64. The van der Waals surface area contributed by atoms with Crippen molar-refractivity contribution in [2.45, 2.75) is 13.0 Å². The van der Waals surface area contributed by atoms with Crippen molar-refractivity contribution in [1.29, 1.82) is 0 Å². The number of hydrogen-bond donors (Lipinski definition) is 1. The zero-order valence-electron chi connectivity index (χ0n) is 16.1. The molecule has 2 aromatic heterocycles. The molecule has 1 fully saturated rings. The summed E-state index contributed by atoms with van der Waals surface area (Å²) in [6.07, 6.45) is -4.12. The zero-order chi connectivity index (χ0) is 22.0. The molecule has 0 saturated carbocycles. The van der Waals surface area contributed by atoms with Crippen molar-refractivity contribution < 1.29 is 32.2 Å². The average Bonchev–Trinajstić information content (AvgIpc) is 3.11. The fraction of sp³-hybridized carbons (Fsp3) is 0.316. The molecule has 4 rings (SSSR count). The summed E-state index contributed by atoms with van der Waals surface area (Å²) in [5.41, 5.74) is 7.27. The van der Waals surface area contributed by atoms with Crippen LogP contribution in [-0.4, -0.2) is 53.5 Å². The van der Waals surface area contributed by atoms with Gasteiger partial charge in [0.25, 0.3) is 0 Å². The Kier molecular flexibility index (Phi) is 5.55. The van der Waals surface area contributed by atoms with Crippen LogP contribution in [0.4, 0.5) is 23.7 Å². The van der Waals surface area contributed by atoms with Gasteiger partial charge >= 0.3 is 12.5 Å². The summed E-state index contributed by atoms with van der Waals surface area (Å²) >= 11 is 0. The summed E-state index contributed by atoms with van der Waals surface area (Å²) in [5.74, 6) is -0.355. The summed E-state index contributed by atoms with van der Waals surface area (Å²) < 4.78 is 53.0. The van der Waals surface area contributed by atoms with Gasteiger partial charge in [-0.3, -0.25) is 0 Å². The highest BCUT2D eigenvalue weighted by atomic mass is 19.4. The standard InChI is InChI=1S/C19H18F3N5O4/c20-19(21,22)31-13-3-1-12(2-4-13)27-17-16(14(25-27)11-30-18(23)28)15(5-6-24-17)26-7-9-29-10-8-26/h1-6H,7-11H2,(H2,23,28). The Balaban J connectivity index is 1.77. The molecular weight excluding hydrogens is 419 g/mol. The predicted octanol–water partition coefficient (Wildman–Crippen LogP) is 2.75. The van der Waals surface area contributed by atoms with E-state index in [2.05, 4.69) is 19.7 Å². The molecule has 1 aliphatic rings. The monoisotopic (exact) mass is 437 g/mol. The number of primary amides is 1. The van der Waals surface area contributed by atoms with Crippen LogP contribution in [0.3, 0.4) is 0 Å². The molecule has 0 atom stereocenters. The van der Waals surface area contributed by atoms with Gasteiger partial charge in [0.2, 0.25) is 0 Å². The normalized spacial score (nSPS) is 14.6. The van der Waals surface area contributed by atoms with Crippen LogP contribution in [0.1, 0.15) is 5.69 Å². The number of anilines is 1. The molecule has 0 radical (unpaired) electrons. The van der Waals surface area contributed by atoms with Crippen molar-refractivity contribution in [3.8, 4) is 11.4 Å². The van der Waals surface area contributed by atoms with E-state index in [-0.39, 0.29) is 12.4 Å². The van der Waals surface area contributed by atoms with Gasteiger partial charge < -0.3 is 24.8 Å². The van der Waals surface area contributed by atoms with Crippen LogP contribution < -0.4 is 15.4 Å². The van der Waals surface area contributed by atoms with Crippen molar-refractivity contribution >= 4 is 22.8 Å². The van der Waals surface area contributed by atoms with E-state index in [9.17, 15) is 18.0 Å². The molecule has 1 aliphatic heterocycles. The number of pyridine rings is 1. The minimum Gasteiger partial charge on any atom is -0.443 e. The summed E-state index contributed by atoms with van der Waals surface area (Å²) in [4.78, 5) is 17.6. The number of hydrogen-bond acceptors (Lipinski definition) is 7. The fourth-order valence-corrected chi connectivity index (χ4v) is 3.37. The number of halogens is 3. The van der Waals surface area contributed by atoms with E-state index in [1.165, 1.54) is 28.9 Å². The van der Waals surface area contributed by atoms with Gasteiger partial charge in [0, 0.05) is 19.3 Å². The molecule has 1 aromatic carbocycles. The molecule has 0 spiro atoms. The van der Waals surface area contributed by atoms with E-state index >= 15 is 0 Å². The lowest BCUT2D eigenvalue weighted by atomic mass is 10.2. The number of nitrogens with zero attached hydrogens (tertiary/aromatic N) is 4.